The van der Waals surface area contributed by atoms with Gasteiger partial charge in [0.25, 0.3) is 0 Å². The number of carbonyl (C=O) groups excluding carboxylic acids is 1. The Morgan fingerprint density at radius 3 is 2.54 bits per heavy atom. The molecule has 0 aliphatic carbocycles. The third-order valence-corrected chi connectivity index (χ3v) is 3.90. The number of hydrogen-bond donors (Lipinski definition) is 1. The van der Waals surface area contributed by atoms with E-state index in [1.54, 1.807) is 4.90 Å². The van der Waals surface area contributed by atoms with Gasteiger partial charge in [-0.15, -0.1) is 0 Å². The summed E-state index contributed by atoms with van der Waals surface area (Å²) in [5.41, 5.74) is 0.442. The average molecular weight is 334 g/mol. The van der Waals surface area contributed by atoms with Gasteiger partial charge in [0.15, 0.2) is 0 Å². The highest BCUT2D eigenvalue weighted by atomic mass is 16.6. The fraction of sp³-hybridized carbons (Fsp3) is 0.556. The van der Waals surface area contributed by atoms with Crippen molar-refractivity contribution < 1.29 is 19.4 Å². The highest BCUT2D eigenvalue weighted by Gasteiger charge is 2.31. The van der Waals surface area contributed by atoms with Crippen molar-refractivity contribution in [1.29, 1.82) is 0 Å². The molecule has 6 heteroatoms. The fourth-order valence-electron chi connectivity index (χ4n) is 2.80. The second-order valence-corrected chi connectivity index (χ2v) is 7.23. The molecule has 1 saturated heterocycles. The summed E-state index contributed by atoms with van der Waals surface area (Å²) < 4.78 is 5.38. The third kappa shape index (κ3) is 5.44. The summed E-state index contributed by atoms with van der Waals surface area (Å²) in [7, 11) is 0. The molecule has 6 nitrogen and oxygen atoms in total. The molecule has 1 aromatic rings. The SMILES string of the molecule is CC(C)(C)OC(=O)N1CC[C@H](CN(Cc2ccccc2)C(=O)O)C1. The summed E-state index contributed by atoms with van der Waals surface area (Å²) in [6, 6.07) is 9.53. The van der Waals surface area contributed by atoms with Crippen LogP contribution in [0.15, 0.2) is 30.3 Å². The predicted molar refractivity (Wildman–Crippen MR) is 90.8 cm³/mol. The Labute approximate surface area is 143 Å². The Balaban J connectivity index is 1.90. The molecule has 0 radical (unpaired) electrons. The van der Waals surface area contributed by atoms with E-state index in [4.69, 9.17) is 4.74 Å². The molecule has 2 rings (SSSR count). The van der Waals surface area contributed by atoms with Crippen LogP contribution in [0.25, 0.3) is 0 Å². The maximum atomic E-state index is 12.1. The minimum atomic E-state index is -0.936. The first-order valence-electron chi connectivity index (χ1n) is 8.24. The van der Waals surface area contributed by atoms with E-state index in [1.165, 1.54) is 4.90 Å². The minimum Gasteiger partial charge on any atom is -0.465 e. The number of amides is 2. The van der Waals surface area contributed by atoms with Crippen LogP contribution in [-0.4, -0.2) is 52.3 Å². The van der Waals surface area contributed by atoms with E-state index >= 15 is 0 Å². The molecule has 0 unspecified atom stereocenters. The Morgan fingerprint density at radius 1 is 1.29 bits per heavy atom. The number of nitrogens with zero attached hydrogens (tertiary/aromatic N) is 2. The van der Waals surface area contributed by atoms with E-state index in [2.05, 4.69) is 0 Å². The van der Waals surface area contributed by atoms with Crippen LogP contribution in [0.2, 0.25) is 0 Å². The largest absolute Gasteiger partial charge is 0.465 e. The summed E-state index contributed by atoms with van der Waals surface area (Å²) >= 11 is 0. The molecule has 0 bridgehead atoms. The van der Waals surface area contributed by atoms with Crippen LogP contribution < -0.4 is 0 Å². The smallest absolute Gasteiger partial charge is 0.410 e. The van der Waals surface area contributed by atoms with Crippen molar-refractivity contribution in [2.24, 2.45) is 5.92 Å². The van der Waals surface area contributed by atoms with E-state index in [9.17, 15) is 14.7 Å². The lowest BCUT2D eigenvalue weighted by molar-refractivity contribution is 0.0286. The highest BCUT2D eigenvalue weighted by Crippen LogP contribution is 2.21. The zero-order valence-electron chi connectivity index (χ0n) is 14.6. The Hall–Kier alpha value is -2.24. The predicted octanol–water partition coefficient (Wildman–Crippen LogP) is 3.42. The fourth-order valence-corrected chi connectivity index (χ4v) is 2.80. The van der Waals surface area contributed by atoms with E-state index in [0.717, 1.165) is 12.0 Å². The summed E-state index contributed by atoms with van der Waals surface area (Å²) in [5, 5.41) is 9.44. The van der Waals surface area contributed by atoms with Gasteiger partial charge in [0.2, 0.25) is 0 Å². The van der Waals surface area contributed by atoms with E-state index in [0.29, 0.717) is 26.2 Å². The number of ether oxygens (including phenoxy) is 1. The van der Waals surface area contributed by atoms with E-state index in [1.807, 2.05) is 51.1 Å². The molecular weight excluding hydrogens is 308 g/mol. The monoisotopic (exact) mass is 334 g/mol. The van der Waals surface area contributed by atoms with Crippen LogP contribution in [-0.2, 0) is 11.3 Å². The van der Waals surface area contributed by atoms with Crippen LogP contribution in [0.5, 0.6) is 0 Å². The zero-order chi connectivity index (χ0) is 17.7. The van der Waals surface area contributed by atoms with Gasteiger partial charge >= 0.3 is 12.2 Å². The van der Waals surface area contributed by atoms with Crippen molar-refractivity contribution in [3.05, 3.63) is 35.9 Å². The Kier molecular flexibility index (Phi) is 5.70. The lowest BCUT2D eigenvalue weighted by Gasteiger charge is -2.25. The number of hydrogen-bond acceptors (Lipinski definition) is 3. The van der Waals surface area contributed by atoms with Gasteiger partial charge in [0.1, 0.15) is 5.60 Å². The lowest BCUT2D eigenvalue weighted by Crippen LogP contribution is -2.37. The van der Waals surface area contributed by atoms with E-state index in [-0.39, 0.29) is 12.0 Å². The minimum absolute atomic E-state index is 0.136. The van der Waals surface area contributed by atoms with Crippen molar-refractivity contribution in [3.8, 4) is 0 Å². The van der Waals surface area contributed by atoms with Gasteiger partial charge in [0, 0.05) is 26.2 Å². The number of carboxylic acid groups (broad SMARTS) is 1. The van der Waals surface area contributed by atoms with Gasteiger partial charge in [-0.25, -0.2) is 9.59 Å². The molecule has 1 heterocycles. The molecule has 1 aliphatic heterocycles. The second-order valence-electron chi connectivity index (χ2n) is 7.23. The van der Waals surface area contributed by atoms with Crippen LogP contribution in [0.1, 0.15) is 32.8 Å². The molecular formula is C18H26N2O4. The maximum Gasteiger partial charge on any atom is 0.410 e. The van der Waals surface area contributed by atoms with E-state index < -0.39 is 11.7 Å². The molecule has 0 spiro atoms. The standard InChI is InChI=1S/C18H26N2O4/c1-18(2,3)24-17(23)19-10-9-15(12-19)13-20(16(21)22)11-14-7-5-4-6-8-14/h4-8,15H,9-13H2,1-3H3,(H,21,22)/t15-/m0/s1. The third-order valence-electron chi connectivity index (χ3n) is 3.90. The average Bonchev–Trinajstić information content (AvgIpc) is 2.94. The number of carbonyl (C=O) groups is 2. The molecule has 1 fully saturated rings. The molecule has 1 aliphatic rings. The van der Waals surface area contributed by atoms with Crippen LogP contribution >= 0.6 is 0 Å². The van der Waals surface area contributed by atoms with Crippen LogP contribution in [0.3, 0.4) is 0 Å². The van der Waals surface area contributed by atoms with Crippen molar-refractivity contribution in [3.63, 3.8) is 0 Å². The highest BCUT2D eigenvalue weighted by molar-refractivity contribution is 5.68. The molecule has 24 heavy (non-hydrogen) atoms. The summed E-state index contributed by atoms with van der Waals surface area (Å²) in [6.07, 6.45) is -0.470. The molecule has 1 N–H and O–H groups in total. The molecule has 132 valence electrons. The first-order chi connectivity index (χ1) is 11.2. The van der Waals surface area contributed by atoms with Gasteiger partial charge in [-0.3, -0.25) is 0 Å². The summed E-state index contributed by atoms with van der Waals surface area (Å²) in [6.45, 7) is 7.44. The number of likely N-dealkylation sites (tertiary alicyclic amines) is 1. The maximum absolute atomic E-state index is 12.1. The molecule has 0 saturated carbocycles. The Morgan fingerprint density at radius 2 is 1.96 bits per heavy atom. The topological polar surface area (TPSA) is 70.1 Å². The molecule has 0 aromatic heterocycles. The first-order valence-corrected chi connectivity index (χ1v) is 8.24. The van der Waals surface area contributed by atoms with Crippen LogP contribution in [0.4, 0.5) is 9.59 Å². The normalized spacial score (nSPS) is 17.6. The lowest BCUT2D eigenvalue weighted by atomic mass is 10.1. The zero-order valence-corrected chi connectivity index (χ0v) is 14.6. The Bertz CT molecular complexity index is 568. The van der Waals surface area contributed by atoms with Crippen molar-refractivity contribution in [2.75, 3.05) is 19.6 Å². The molecule has 1 atom stereocenters. The summed E-state index contributed by atoms with van der Waals surface area (Å²) in [4.78, 5) is 26.7. The molecule has 1 aromatic carbocycles. The quantitative estimate of drug-likeness (QED) is 0.916. The van der Waals surface area contributed by atoms with Gasteiger partial charge < -0.3 is 19.6 Å². The van der Waals surface area contributed by atoms with Crippen molar-refractivity contribution >= 4 is 12.2 Å². The first kappa shape index (κ1) is 18.1. The molecule has 2 amide bonds. The number of benzene rings is 1. The van der Waals surface area contributed by atoms with Gasteiger partial charge in [-0.2, -0.15) is 0 Å². The van der Waals surface area contributed by atoms with Crippen molar-refractivity contribution in [1.82, 2.24) is 9.80 Å². The van der Waals surface area contributed by atoms with Crippen molar-refractivity contribution in [2.45, 2.75) is 39.3 Å². The van der Waals surface area contributed by atoms with Gasteiger partial charge in [-0.1, -0.05) is 30.3 Å². The second kappa shape index (κ2) is 7.55. The number of rotatable bonds is 4. The van der Waals surface area contributed by atoms with Gasteiger partial charge in [-0.05, 0) is 38.7 Å². The van der Waals surface area contributed by atoms with Crippen LogP contribution in [0, 0.1) is 5.92 Å². The summed E-state index contributed by atoms with van der Waals surface area (Å²) in [5.74, 6) is 0.136. The van der Waals surface area contributed by atoms with Gasteiger partial charge in [0.05, 0.1) is 0 Å².